The molecular formula is C12H17FN2O4S. The third-order valence-corrected chi connectivity index (χ3v) is 3.50. The van der Waals surface area contributed by atoms with Crippen LogP contribution < -0.4 is 10.5 Å². The molecule has 3 N–H and O–H groups in total. The average Bonchev–Trinajstić information content (AvgIpc) is 2.36. The number of carbonyl (C=O) groups excluding carboxylic acids is 1. The van der Waals surface area contributed by atoms with Crippen LogP contribution in [0.25, 0.3) is 0 Å². The first-order chi connectivity index (χ1) is 9.27. The fourth-order valence-electron chi connectivity index (χ4n) is 1.58. The summed E-state index contributed by atoms with van der Waals surface area (Å²) in [5.74, 6) is -1.45. The maximum Gasteiger partial charge on any atom is 0.254 e. The van der Waals surface area contributed by atoms with E-state index in [9.17, 15) is 17.6 Å². The number of sulfonamides is 1. The monoisotopic (exact) mass is 304 g/mol. The highest BCUT2D eigenvalue weighted by Crippen LogP contribution is 2.18. The minimum absolute atomic E-state index is 0.0403. The van der Waals surface area contributed by atoms with E-state index in [0.717, 1.165) is 12.1 Å². The van der Waals surface area contributed by atoms with E-state index in [-0.39, 0.29) is 16.0 Å². The van der Waals surface area contributed by atoms with Gasteiger partial charge in [-0.05, 0) is 31.0 Å². The second-order valence-electron chi connectivity index (χ2n) is 4.25. The second-order valence-corrected chi connectivity index (χ2v) is 5.81. The minimum atomic E-state index is -3.99. The molecule has 0 unspecified atom stereocenters. The molecule has 0 saturated heterocycles. The molecule has 1 amide bonds. The van der Waals surface area contributed by atoms with E-state index in [0.29, 0.717) is 19.6 Å². The number of nitrogens with one attached hydrogen (secondary N) is 1. The highest BCUT2D eigenvalue weighted by molar-refractivity contribution is 7.89. The summed E-state index contributed by atoms with van der Waals surface area (Å²) < 4.78 is 41.2. The van der Waals surface area contributed by atoms with Gasteiger partial charge >= 0.3 is 0 Å². The van der Waals surface area contributed by atoms with Gasteiger partial charge in [-0.1, -0.05) is 0 Å². The molecule has 1 aromatic carbocycles. The summed E-state index contributed by atoms with van der Waals surface area (Å²) in [7, 11) is -2.47. The molecule has 112 valence electrons. The van der Waals surface area contributed by atoms with E-state index >= 15 is 0 Å². The number of methoxy groups -OCH3 is 1. The van der Waals surface area contributed by atoms with Crippen molar-refractivity contribution in [1.29, 1.82) is 0 Å². The maximum atomic E-state index is 13.9. The van der Waals surface area contributed by atoms with Crippen LogP contribution in [0.2, 0.25) is 0 Å². The van der Waals surface area contributed by atoms with Crippen LogP contribution in [-0.2, 0) is 14.8 Å². The number of halogens is 1. The molecule has 0 aliphatic carbocycles. The zero-order chi connectivity index (χ0) is 15.3. The minimum Gasteiger partial charge on any atom is -0.385 e. The molecule has 0 radical (unpaired) electrons. The molecule has 0 saturated carbocycles. The molecule has 1 rings (SSSR count). The molecule has 0 spiro atoms. The Morgan fingerprint density at radius 1 is 1.45 bits per heavy atom. The van der Waals surface area contributed by atoms with Crippen molar-refractivity contribution in [3.05, 3.63) is 29.1 Å². The Morgan fingerprint density at radius 2 is 2.10 bits per heavy atom. The summed E-state index contributed by atoms with van der Waals surface area (Å²) in [5, 5.41) is 7.47. The molecule has 6 nitrogen and oxygen atoms in total. The quantitative estimate of drug-likeness (QED) is 0.750. The van der Waals surface area contributed by atoms with Gasteiger partial charge in [-0.2, -0.15) is 0 Å². The molecule has 0 aliphatic heterocycles. The first-order valence-corrected chi connectivity index (χ1v) is 7.42. The Kier molecular flexibility index (Phi) is 5.61. The second kappa shape index (κ2) is 6.78. The van der Waals surface area contributed by atoms with Gasteiger partial charge in [0.15, 0.2) is 0 Å². The first-order valence-electron chi connectivity index (χ1n) is 5.87. The van der Waals surface area contributed by atoms with E-state index in [2.05, 4.69) is 5.32 Å². The summed E-state index contributed by atoms with van der Waals surface area (Å²) in [5.41, 5.74) is -0.301. The average molecular weight is 304 g/mol. The van der Waals surface area contributed by atoms with E-state index in [1.807, 2.05) is 0 Å². The number of hydrogen-bond donors (Lipinski definition) is 2. The number of ether oxygens (including phenoxy) is 1. The van der Waals surface area contributed by atoms with Crippen molar-refractivity contribution in [3.8, 4) is 0 Å². The number of primary sulfonamides is 1. The SMILES string of the molecule is COCCCNC(=O)c1cc(S(N)(=O)=O)cc(C)c1F. The number of amides is 1. The highest BCUT2D eigenvalue weighted by Gasteiger charge is 2.19. The maximum absolute atomic E-state index is 13.9. The normalized spacial score (nSPS) is 11.4. The number of carbonyl (C=O) groups is 1. The van der Waals surface area contributed by atoms with Gasteiger partial charge in [0, 0.05) is 20.3 Å². The van der Waals surface area contributed by atoms with E-state index in [1.54, 1.807) is 0 Å². The van der Waals surface area contributed by atoms with Gasteiger partial charge in [0.25, 0.3) is 5.91 Å². The standard InChI is InChI=1S/C12H17FN2O4S/c1-8-6-9(20(14,17)18)7-10(11(8)13)12(16)15-4-3-5-19-2/h6-7H,3-5H2,1-2H3,(H,15,16)(H2,14,17,18). The van der Waals surface area contributed by atoms with E-state index in [1.165, 1.54) is 14.0 Å². The molecule has 20 heavy (non-hydrogen) atoms. The van der Waals surface area contributed by atoms with Crippen molar-refractivity contribution in [2.75, 3.05) is 20.3 Å². The Labute approximate surface area is 117 Å². The lowest BCUT2D eigenvalue weighted by atomic mass is 10.1. The number of aryl methyl sites for hydroxylation is 1. The molecule has 0 atom stereocenters. The third kappa shape index (κ3) is 4.26. The van der Waals surface area contributed by atoms with Crippen LogP contribution >= 0.6 is 0 Å². The van der Waals surface area contributed by atoms with Crippen molar-refractivity contribution in [2.24, 2.45) is 5.14 Å². The predicted molar refractivity (Wildman–Crippen MR) is 71.3 cm³/mol. The van der Waals surface area contributed by atoms with Crippen LogP contribution in [0.3, 0.4) is 0 Å². The lowest BCUT2D eigenvalue weighted by molar-refractivity contribution is 0.0944. The zero-order valence-electron chi connectivity index (χ0n) is 11.3. The Morgan fingerprint density at radius 3 is 2.65 bits per heavy atom. The lowest BCUT2D eigenvalue weighted by Gasteiger charge is -2.09. The molecule has 8 heteroatoms. The van der Waals surface area contributed by atoms with Crippen molar-refractivity contribution < 1.29 is 22.3 Å². The molecule has 1 aromatic rings. The molecule has 0 bridgehead atoms. The summed E-state index contributed by atoms with van der Waals surface area (Å²) in [6, 6.07) is 2.02. The molecule has 0 aliphatic rings. The molecule has 0 fully saturated rings. The predicted octanol–water partition coefficient (Wildman–Crippen LogP) is 0.548. The van der Waals surface area contributed by atoms with Crippen molar-refractivity contribution in [1.82, 2.24) is 5.32 Å². The topological polar surface area (TPSA) is 98.5 Å². The van der Waals surface area contributed by atoms with Crippen LogP contribution in [0.5, 0.6) is 0 Å². The zero-order valence-corrected chi connectivity index (χ0v) is 12.1. The third-order valence-electron chi connectivity index (χ3n) is 2.61. The van der Waals surface area contributed by atoms with Crippen LogP contribution in [0.4, 0.5) is 4.39 Å². The summed E-state index contributed by atoms with van der Waals surface area (Å²) in [4.78, 5) is 11.5. The number of hydrogen-bond acceptors (Lipinski definition) is 4. The van der Waals surface area contributed by atoms with Crippen LogP contribution in [-0.4, -0.2) is 34.6 Å². The van der Waals surface area contributed by atoms with Gasteiger partial charge in [0.2, 0.25) is 10.0 Å². The Hall–Kier alpha value is -1.51. The van der Waals surface area contributed by atoms with Gasteiger partial charge in [-0.25, -0.2) is 17.9 Å². The van der Waals surface area contributed by atoms with E-state index < -0.39 is 21.7 Å². The fraction of sp³-hybridized carbons (Fsp3) is 0.417. The van der Waals surface area contributed by atoms with E-state index in [4.69, 9.17) is 9.88 Å². The van der Waals surface area contributed by atoms with Crippen molar-refractivity contribution >= 4 is 15.9 Å². The Balaban J connectivity index is 2.99. The van der Waals surface area contributed by atoms with Gasteiger partial charge in [0.05, 0.1) is 10.5 Å². The summed E-state index contributed by atoms with van der Waals surface area (Å²) in [6.07, 6.45) is 0.567. The number of nitrogens with two attached hydrogens (primary N) is 1. The summed E-state index contributed by atoms with van der Waals surface area (Å²) >= 11 is 0. The highest BCUT2D eigenvalue weighted by atomic mass is 32.2. The van der Waals surface area contributed by atoms with Crippen LogP contribution in [0, 0.1) is 12.7 Å². The molecular weight excluding hydrogens is 287 g/mol. The summed E-state index contributed by atoms with van der Waals surface area (Å²) in [6.45, 7) is 2.12. The largest absolute Gasteiger partial charge is 0.385 e. The van der Waals surface area contributed by atoms with Gasteiger partial charge in [-0.15, -0.1) is 0 Å². The van der Waals surface area contributed by atoms with Crippen molar-refractivity contribution in [2.45, 2.75) is 18.2 Å². The van der Waals surface area contributed by atoms with Crippen molar-refractivity contribution in [3.63, 3.8) is 0 Å². The number of benzene rings is 1. The van der Waals surface area contributed by atoms with Crippen LogP contribution in [0.15, 0.2) is 17.0 Å². The lowest BCUT2D eigenvalue weighted by Crippen LogP contribution is -2.27. The Bertz CT molecular complexity index is 602. The van der Waals surface area contributed by atoms with Gasteiger partial charge < -0.3 is 10.1 Å². The van der Waals surface area contributed by atoms with Gasteiger partial charge in [0.1, 0.15) is 5.82 Å². The van der Waals surface area contributed by atoms with Gasteiger partial charge in [-0.3, -0.25) is 4.79 Å². The van der Waals surface area contributed by atoms with Crippen LogP contribution in [0.1, 0.15) is 22.3 Å². The number of rotatable bonds is 6. The smallest absolute Gasteiger partial charge is 0.254 e. The fourth-order valence-corrected chi connectivity index (χ4v) is 2.20. The molecule has 0 heterocycles. The molecule has 0 aromatic heterocycles. The first kappa shape index (κ1) is 16.5.